The number of carbonyl (C=O) groups is 1. The van der Waals surface area contributed by atoms with Gasteiger partial charge in [0, 0.05) is 25.5 Å². The molecule has 1 aliphatic heterocycles. The second-order valence-corrected chi connectivity index (χ2v) is 2.82. The molecule has 0 radical (unpaired) electrons. The van der Waals surface area contributed by atoms with E-state index < -0.39 is 0 Å². The molecule has 1 atom stereocenters. The van der Waals surface area contributed by atoms with E-state index in [1.54, 1.807) is 0 Å². The Morgan fingerprint density at radius 1 is 1.42 bits per heavy atom. The van der Waals surface area contributed by atoms with E-state index in [1.807, 2.05) is 18.5 Å². The first-order chi connectivity index (χ1) is 5.88. The van der Waals surface area contributed by atoms with E-state index in [9.17, 15) is 4.79 Å². The molecule has 4 nitrogen and oxygen atoms in total. The number of amides is 1. The van der Waals surface area contributed by atoms with Gasteiger partial charge in [-0.25, -0.2) is 0 Å². The zero-order valence-corrected chi connectivity index (χ0v) is 6.63. The monoisotopic (exact) mass is 165 g/mol. The normalized spacial score (nSPS) is 23.7. The third-order valence-corrected chi connectivity index (χ3v) is 1.99. The second-order valence-electron chi connectivity index (χ2n) is 2.82. The van der Waals surface area contributed by atoms with Crippen molar-refractivity contribution in [2.24, 2.45) is 0 Å². The Labute approximate surface area is 70.4 Å². The van der Waals surface area contributed by atoms with Crippen LogP contribution >= 0.6 is 0 Å². The summed E-state index contributed by atoms with van der Waals surface area (Å²) >= 11 is 0. The Morgan fingerprint density at radius 2 is 2.33 bits per heavy atom. The van der Waals surface area contributed by atoms with Gasteiger partial charge in [0.05, 0.1) is 0 Å². The Kier molecular flexibility index (Phi) is 1.83. The highest BCUT2D eigenvalue weighted by molar-refractivity contribution is 5.83. The van der Waals surface area contributed by atoms with Crippen LogP contribution in [0.4, 0.5) is 0 Å². The summed E-state index contributed by atoms with van der Waals surface area (Å²) in [5, 5.41) is 5.94. The first-order valence-corrected chi connectivity index (χ1v) is 4.02. The van der Waals surface area contributed by atoms with Gasteiger partial charge >= 0.3 is 0 Å². The van der Waals surface area contributed by atoms with Crippen molar-refractivity contribution in [2.45, 2.75) is 6.04 Å². The van der Waals surface area contributed by atoms with Crippen molar-refractivity contribution in [2.75, 3.05) is 13.1 Å². The first kappa shape index (κ1) is 7.36. The number of hydrogen-bond donors (Lipinski definition) is 3. The summed E-state index contributed by atoms with van der Waals surface area (Å²) in [6.45, 7) is 1.56. The van der Waals surface area contributed by atoms with Gasteiger partial charge in [-0.2, -0.15) is 0 Å². The van der Waals surface area contributed by atoms with Crippen molar-refractivity contribution in [3.63, 3.8) is 0 Å². The van der Waals surface area contributed by atoms with Crippen LogP contribution in [0, 0.1) is 0 Å². The van der Waals surface area contributed by atoms with E-state index in [0.717, 1.165) is 18.7 Å². The number of nitrogens with one attached hydrogen (secondary N) is 3. The number of aromatic amines is 1. The summed E-state index contributed by atoms with van der Waals surface area (Å²) < 4.78 is 0. The molecule has 1 amide bonds. The maximum Gasteiger partial charge on any atom is 0.241 e. The van der Waals surface area contributed by atoms with Crippen molar-refractivity contribution in [3.8, 4) is 0 Å². The van der Waals surface area contributed by atoms with E-state index in [0.29, 0.717) is 0 Å². The Bertz CT molecular complexity index is 268. The molecule has 4 heteroatoms. The molecular weight excluding hydrogens is 154 g/mol. The van der Waals surface area contributed by atoms with Crippen LogP contribution in [-0.4, -0.2) is 24.0 Å². The number of rotatable bonds is 1. The highest BCUT2D eigenvalue weighted by Crippen LogP contribution is 2.12. The molecule has 1 fully saturated rings. The minimum atomic E-state index is -0.176. The third kappa shape index (κ3) is 1.21. The van der Waals surface area contributed by atoms with Gasteiger partial charge in [0.1, 0.15) is 6.04 Å². The Hall–Kier alpha value is -1.29. The minimum Gasteiger partial charge on any atom is -0.367 e. The lowest BCUT2D eigenvalue weighted by molar-refractivity contribution is -0.124. The van der Waals surface area contributed by atoms with Crippen LogP contribution in [-0.2, 0) is 4.79 Å². The van der Waals surface area contributed by atoms with Crippen molar-refractivity contribution in [1.29, 1.82) is 0 Å². The van der Waals surface area contributed by atoms with Gasteiger partial charge in [-0.15, -0.1) is 0 Å². The van der Waals surface area contributed by atoms with Gasteiger partial charge in [0.15, 0.2) is 0 Å². The number of piperazine rings is 1. The molecule has 1 aliphatic rings. The standard InChI is InChI=1S/C8H11N3O/c12-8-7(10-3-4-11-8)6-1-2-9-5-6/h1-2,5,7,9-10H,3-4H2,(H,11,12). The largest absolute Gasteiger partial charge is 0.367 e. The molecule has 0 aliphatic carbocycles. The minimum absolute atomic E-state index is 0.0563. The van der Waals surface area contributed by atoms with Crippen LogP contribution < -0.4 is 10.6 Å². The smallest absolute Gasteiger partial charge is 0.241 e. The predicted octanol–water partition coefficient (Wildman–Crippen LogP) is -0.225. The van der Waals surface area contributed by atoms with E-state index in [-0.39, 0.29) is 11.9 Å². The molecule has 1 saturated heterocycles. The average Bonchev–Trinajstić information content (AvgIpc) is 2.57. The number of aromatic nitrogens is 1. The lowest BCUT2D eigenvalue weighted by Gasteiger charge is -2.22. The van der Waals surface area contributed by atoms with Gasteiger partial charge in [-0.3, -0.25) is 4.79 Å². The van der Waals surface area contributed by atoms with Gasteiger partial charge in [-0.05, 0) is 11.6 Å². The molecule has 2 rings (SSSR count). The van der Waals surface area contributed by atoms with Crippen LogP contribution in [0.3, 0.4) is 0 Å². The molecule has 0 bridgehead atoms. The van der Waals surface area contributed by atoms with Gasteiger partial charge in [0.25, 0.3) is 0 Å². The fourth-order valence-electron chi connectivity index (χ4n) is 1.38. The maximum absolute atomic E-state index is 11.3. The molecule has 2 heterocycles. The van der Waals surface area contributed by atoms with Gasteiger partial charge in [-0.1, -0.05) is 0 Å². The van der Waals surface area contributed by atoms with Crippen molar-refractivity contribution < 1.29 is 4.79 Å². The van der Waals surface area contributed by atoms with E-state index in [4.69, 9.17) is 0 Å². The lowest BCUT2D eigenvalue weighted by Crippen LogP contribution is -2.47. The van der Waals surface area contributed by atoms with Crippen LogP contribution in [0.5, 0.6) is 0 Å². The first-order valence-electron chi connectivity index (χ1n) is 4.02. The zero-order valence-electron chi connectivity index (χ0n) is 6.63. The van der Waals surface area contributed by atoms with Crippen LogP contribution in [0.15, 0.2) is 18.5 Å². The average molecular weight is 165 g/mol. The fourth-order valence-corrected chi connectivity index (χ4v) is 1.38. The number of H-pyrrole nitrogens is 1. The molecule has 0 saturated carbocycles. The quantitative estimate of drug-likeness (QED) is 0.538. The second kappa shape index (κ2) is 2.98. The molecular formula is C8H11N3O. The lowest BCUT2D eigenvalue weighted by atomic mass is 10.1. The molecule has 1 aromatic rings. The summed E-state index contributed by atoms with van der Waals surface area (Å²) in [4.78, 5) is 14.2. The zero-order chi connectivity index (χ0) is 8.39. The SMILES string of the molecule is O=C1NCCNC1c1cc[nH]c1. The van der Waals surface area contributed by atoms with Crippen molar-refractivity contribution in [1.82, 2.24) is 15.6 Å². The topological polar surface area (TPSA) is 56.9 Å². The van der Waals surface area contributed by atoms with E-state index in [2.05, 4.69) is 15.6 Å². The highest BCUT2D eigenvalue weighted by Gasteiger charge is 2.22. The third-order valence-electron chi connectivity index (χ3n) is 1.99. The molecule has 3 N–H and O–H groups in total. The molecule has 0 aromatic carbocycles. The Morgan fingerprint density at radius 3 is 3.00 bits per heavy atom. The van der Waals surface area contributed by atoms with E-state index >= 15 is 0 Å². The fraction of sp³-hybridized carbons (Fsp3) is 0.375. The Balaban J connectivity index is 2.17. The predicted molar refractivity (Wildman–Crippen MR) is 44.5 cm³/mol. The summed E-state index contributed by atoms with van der Waals surface area (Å²) in [6.07, 6.45) is 3.65. The molecule has 1 aromatic heterocycles. The molecule has 12 heavy (non-hydrogen) atoms. The van der Waals surface area contributed by atoms with Gasteiger partial charge in [0.2, 0.25) is 5.91 Å². The van der Waals surface area contributed by atoms with Crippen LogP contribution in [0.1, 0.15) is 11.6 Å². The summed E-state index contributed by atoms with van der Waals surface area (Å²) in [6, 6.07) is 1.73. The summed E-state index contributed by atoms with van der Waals surface area (Å²) in [5.41, 5.74) is 0.993. The highest BCUT2D eigenvalue weighted by atomic mass is 16.2. The molecule has 64 valence electrons. The summed E-state index contributed by atoms with van der Waals surface area (Å²) in [7, 11) is 0. The van der Waals surface area contributed by atoms with Gasteiger partial charge < -0.3 is 15.6 Å². The van der Waals surface area contributed by atoms with Crippen LogP contribution in [0.2, 0.25) is 0 Å². The van der Waals surface area contributed by atoms with Crippen molar-refractivity contribution in [3.05, 3.63) is 24.0 Å². The number of hydrogen-bond acceptors (Lipinski definition) is 2. The number of carbonyl (C=O) groups excluding carboxylic acids is 1. The maximum atomic E-state index is 11.3. The van der Waals surface area contributed by atoms with E-state index in [1.165, 1.54) is 0 Å². The van der Waals surface area contributed by atoms with Crippen molar-refractivity contribution >= 4 is 5.91 Å². The molecule has 1 unspecified atom stereocenters. The molecule has 0 spiro atoms. The van der Waals surface area contributed by atoms with Crippen LogP contribution in [0.25, 0.3) is 0 Å². The summed E-state index contributed by atoms with van der Waals surface area (Å²) in [5.74, 6) is 0.0563.